The molecule has 0 radical (unpaired) electrons. The fraction of sp³-hybridized carbons (Fsp3) is 0.389. The maximum atomic E-state index is 13.1. The Bertz CT molecular complexity index is 1190. The number of nitrogens with two attached hydrogens (primary N) is 1. The van der Waals surface area contributed by atoms with Crippen LogP contribution >= 0.6 is 11.6 Å². The number of carboxylic acids is 1. The third-order valence-electron chi connectivity index (χ3n) is 4.96. The van der Waals surface area contributed by atoms with Crippen LogP contribution in [0, 0.1) is 17.2 Å². The summed E-state index contributed by atoms with van der Waals surface area (Å²) in [6.07, 6.45) is -3.02. The number of alkyl halides is 4. The summed E-state index contributed by atoms with van der Waals surface area (Å²) in [5.41, 5.74) is -8.16. The van der Waals surface area contributed by atoms with E-state index in [0.717, 1.165) is 6.08 Å². The van der Waals surface area contributed by atoms with Gasteiger partial charge < -0.3 is 20.5 Å². The molecule has 172 valence electrons. The number of nitrogen functional groups attached to an aromatic ring is 1. The number of carboxylic acid groups (broad SMARTS) is 1. The minimum atomic E-state index is -5.13. The molecule has 1 heterocycles. The Balaban J connectivity index is 2.98. The van der Waals surface area contributed by atoms with Gasteiger partial charge in [0.25, 0.3) is 5.56 Å². The van der Waals surface area contributed by atoms with Gasteiger partial charge in [0.15, 0.2) is 5.69 Å². The maximum Gasteiger partial charge on any atom is 0.433 e. The number of rotatable bonds is 6. The van der Waals surface area contributed by atoms with E-state index in [1.165, 1.54) is 13.8 Å². The van der Waals surface area contributed by atoms with Crippen molar-refractivity contribution in [3.63, 3.8) is 0 Å². The van der Waals surface area contributed by atoms with Crippen LogP contribution in [0.2, 0.25) is 0 Å². The molecule has 1 aromatic rings. The minimum Gasteiger partial charge on any atom is -0.479 e. The Morgan fingerprint density at radius 1 is 1.47 bits per heavy atom. The number of hydrogen-bond donors (Lipinski definition) is 2. The third kappa shape index (κ3) is 3.82. The van der Waals surface area contributed by atoms with Gasteiger partial charge in [0.1, 0.15) is 17.8 Å². The molecule has 0 fully saturated rings. The van der Waals surface area contributed by atoms with E-state index in [2.05, 4.69) is 0 Å². The molecule has 3 N–H and O–H groups in total. The summed E-state index contributed by atoms with van der Waals surface area (Å²) >= 11 is 6.48. The highest BCUT2D eigenvalue weighted by Crippen LogP contribution is 2.47. The zero-order valence-corrected chi connectivity index (χ0v) is 17.3. The normalized spacial score (nSPS) is 24.2. The maximum absolute atomic E-state index is 13.1. The molecule has 0 aromatic carbocycles. The molecule has 0 saturated heterocycles. The third-order valence-corrected chi connectivity index (χ3v) is 5.46. The molecule has 3 unspecified atom stereocenters. The molecule has 0 saturated carbocycles. The summed E-state index contributed by atoms with van der Waals surface area (Å²) in [5, 5.41) is 18.8. The second kappa shape index (κ2) is 8.29. The van der Waals surface area contributed by atoms with Crippen molar-refractivity contribution in [2.24, 2.45) is 5.92 Å². The predicted octanol–water partition coefficient (Wildman–Crippen LogP) is 0.720. The van der Waals surface area contributed by atoms with E-state index >= 15 is 0 Å². The van der Waals surface area contributed by atoms with Crippen LogP contribution in [0.4, 0.5) is 13.2 Å². The quantitative estimate of drug-likeness (QED) is 0.345. The van der Waals surface area contributed by atoms with Gasteiger partial charge in [0.2, 0.25) is 5.60 Å². The molecule has 2 rings (SSSR count). The van der Waals surface area contributed by atoms with Crippen LogP contribution in [0.5, 0.6) is 0 Å². The van der Waals surface area contributed by atoms with Gasteiger partial charge in [-0.2, -0.15) is 18.4 Å². The second-order valence-corrected chi connectivity index (χ2v) is 7.69. The monoisotopic (exact) mass is 476 g/mol. The van der Waals surface area contributed by atoms with Crippen molar-refractivity contribution in [2.45, 2.75) is 30.5 Å². The number of carbonyl (C=O) groups excluding carboxylic acids is 1. The summed E-state index contributed by atoms with van der Waals surface area (Å²) < 4.78 is 44.2. The van der Waals surface area contributed by atoms with Gasteiger partial charge in [-0.3, -0.25) is 4.79 Å². The zero-order valence-electron chi connectivity index (χ0n) is 16.5. The average Bonchev–Trinajstić information content (AvgIpc) is 2.68. The molecule has 0 aliphatic heterocycles. The number of hydrogen-bond acceptors (Lipinski definition) is 7. The number of ether oxygens (including phenoxy) is 1. The van der Waals surface area contributed by atoms with Gasteiger partial charge in [0.05, 0.1) is 11.8 Å². The molecule has 0 amide bonds. The van der Waals surface area contributed by atoms with Crippen LogP contribution in [0.25, 0.3) is 5.70 Å². The first-order valence-corrected chi connectivity index (χ1v) is 9.08. The Morgan fingerprint density at radius 2 is 2.06 bits per heavy atom. The lowest BCUT2D eigenvalue weighted by Crippen LogP contribution is -2.59. The summed E-state index contributed by atoms with van der Waals surface area (Å²) in [5.74, 6) is 2.41. The van der Waals surface area contributed by atoms with Crippen LogP contribution in [-0.2, 0) is 20.5 Å². The lowest BCUT2D eigenvalue weighted by molar-refractivity contribution is -0.160. The topological polar surface area (TPSA) is 157 Å². The fourth-order valence-electron chi connectivity index (χ4n) is 3.32. The molecular weight excluding hydrogens is 461 g/mol. The molecule has 14 heteroatoms. The highest BCUT2D eigenvalue weighted by atomic mass is 35.5. The van der Waals surface area contributed by atoms with Gasteiger partial charge in [-0.1, -0.05) is 6.92 Å². The number of halogens is 4. The Labute approximate surface area is 182 Å². The molecular formula is C18H16ClF3N4O6. The van der Waals surface area contributed by atoms with E-state index < -0.39 is 57.8 Å². The van der Waals surface area contributed by atoms with E-state index in [0.29, 0.717) is 12.4 Å². The molecule has 10 nitrogen and oxygen atoms in total. The van der Waals surface area contributed by atoms with Crippen LogP contribution in [0.1, 0.15) is 19.5 Å². The minimum absolute atomic E-state index is 0.0476. The van der Waals surface area contributed by atoms with Crippen LogP contribution in [0.15, 0.2) is 33.4 Å². The van der Waals surface area contributed by atoms with E-state index in [4.69, 9.17) is 27.4 Å². The number of aldehydes is 1. The van der Waals surface area contributed by atoms with Crippen LogP contribution in [-0.4, -0.2) is 43.7 Å². The summed E-state index contributed by atoms with van der Waals surface area (Å²) in [7, 11) is 0. The highest BCUT2D eigenvalue weighted by Gasteiger charge is 2.58. The van der Waals surface area contributed by atoms with Crippen molar-refractivity contribution in [2.75, 3.05) is 12.4 Å². The highest BCUT2D eigenvalue weighted by molar-refractivity contribution is 6.29. The Kier molecular flexibility index (Phi) is 6.45. The second-order valence-electron chi connectivity index (χ2n) is 6.94. The SMILES string of the molecule is CC(C=O)C1=CC(n2c(=O)cc(C(F)(F)F)n(N)c2=O)=CC(OCC#N)(C(=O)O)C1(C)Cl. The summed E-state index contributed by atoms with van der Waals surface area (Å²) in [6.45, 7) is 1.70. The van der Waals surface area contributed by atoms with Crippen LogP contribution in [0.3, 0.4) is 0 Å². The van der Waals surface area contributed by atoms with E-state index in [1.807, 2.05) is 0 Å². The Morgan fingerprint density at radius 3 is 2.53 bits per heavy atom. The summed E-state index contributed by atoms with van der Waals surface area (Å²) in [6, 6.07) is 1.61. The van der Waals surface area contributed by atoms with Gasteiger partial charge in [-0.25, -0.2) is 18.8 Å². The molecule has 1 aliphatic carbocycles. The van der Waals surface area contributed by atoms with Gasteiger partial charge in [-0.15, -0.1) is 11.6 Å². The molecule has 1 aromatic heterocycles. The van der Waals surface area contributed by atoms with Crippen molar-refractivity contribution in [1.82, 2.24) is 9.24 Å². The number of aliphatic carboxylic acids is 1. The van der Waals surface area contributed by atoms with E-state index in [1.54, 1.807) is 6.07 Å². The first-order chi connectivity index (χ1) is 14.7. The van der Waals surface area contributed by atoms with E-state index in [9.17, 15) is 37.5 Å². The van der Waals surface area contributed by atoms with E-state index in [-0.39, 0.29) is 20.9 Å². The van der Waals surface area contributed by atoms with Crippen molar-refractivity contribution < 1.29 is 32.6 Å². The fourth-order valence-corrected chi connectivity index (χ4v) is 3.73. The molecule has 32 heavy (non-hydrogen) atoms. The number of nitriles is 1. The lowest BCUT2D eigenvalue weighted by atomic mass is 9.73. The number of allylic oxidation sites excluding steroid dienone is 2. The zero-order chi connectivity index (χ0) is 24.6. The standard InChI is InChI=1S/C18H16ClF3N4O6/c1-9(8-27)11-5-10(7-17(14(29)30,16(11,2)19)32-4-3-23)25-13(28)6-12(18(20,21)22)26(24)15(25)31/h5-9H,4,24H2,1-2H3,(H,29,30). The largest absolute Gasteiger partial charge is 0.479 e. The van der Waals surface area contributed by atoms with Crippen molar-refractivity contribution in [3.8, 4) is 6.07 Å². The molecule has 3 atom stereocenters. The van der Waals surface area contributed by atoms with Crippen molar-refractivity contribution in [3.05, 3.63) is 50.3 Å². The van der Waals surface area contributed by atoms with Crippen molar-refractivity contribution >= 4 is 29.6 Å². The summed E-state index contributed by atoms with van der Waals surface area (Å²) in [4.78, 5) is 46.6. The smallest absolute Gasteiger partial charge is 0.433 e. The lowest BCUT2D eigenvalue weighted by Gasteiger charge is -2.44. The first-order valence-electron chi connectivity index (χ1n) is 8.71. The van der Waals surface area contributed by atoms with Crippen molar-refractivity contribution in [1.29, 1.82) is 5.26 Å². The first kappa shape index (κ1) is 24.9. The van der Waals surface area contributed by atoms with Crippen LogP contribution < -0.4 is 17.1 Å². The van der Waals surface area contributed by atoms with Gasteiger partial charge in [-0.05, 0) is 24.6 Å². The predicted molar refractivity (Wildman–Crippen MR) is 104 cm³/mol. The number of nitrogens with zero attached hydrogens (tertiary/aromatic N) is 3. The molecule has 1 aliphatic rings. The molecule has 0 bridgehead atoms. The Hall–Kier alpha value is -3.37. The number of carbonyl (C=O) groups is 2. The van der Waals surface area contributed by atoms with Gasteiger partial charge >= 0.3 is 17.8 Å². The number of aromatic nitrogens is 2. The average molecular weight is 477 g/mol. The molecule has 0 spiro atoms. The van der Waals surface area contributed by atoms with Gasteiger partial charge in [0, 0.05) is 12.0 Å².